The first-order chi connectivity index (χ1) is 6.15. The fraction of sp³-hybridized carbons (Fsp3) is 0.455. The molecule has 1 aromatic rings. The Morgan fingerprint density at radius 2 is 2.15 bits per heavy atom. The molecule has 0 unspecified atom stereocenters. The average Bonchev–Trinajstić information content (AvgIpc) is 2.09. The number of hydrogen-bond donors (Lipinski definition) is 1. The lowest BCUT2D eigenvalue weighted by Crippen LogP contribution is -2.00. The molecule has 2 heteroatoms. The molecular weight excluding hydrogens is 167 g/mol. The highest BCUT2D eigenvalue weighted by molar-refractivity contribution is 5.28. The highest BCUT2D eigenvalue weighted by Gasteiger charge is 2.09. The molecule has 0 amide bonds. The molecule has 1 nitrogen and oxygen atoms in total. The van der Waals surface area contributed by atoms with Gasteiger partial charge in [-0.25, -0.2) is 4.39 Å². The number of aryl methyl sites for hydroxylation is 1. The summed E-state index contributed by atoms with van der Waals surface area (Å²) >= 11 is 0. The van der Waals surface area contributed by atoms with Gasteiger partial charge in [0.05, 0.1) is 6.10 Å². The van der Waals surface area contributed by atoms with Crippen LogP contribution in [0.3, 0.4) is 0 Å². The van der Waals surface area contributed by atoms with Gasteiger partial charge in [0.25, 0.3) is 0 Å². The number of halogens is 1. The van der Waals surface area contributed by atoms with E-state index in [1.807, 2.05) is 13.8 Å². The molecule has 1 aromatic carbocycles. The third-order valence-electron chi connectivity index (χ3n) is 2.16. The maximum Gasteiger partial charge on any atom is 0.123 e. The molecule has 0 saturated heterocycles. The molecule has 0 heterocycles. The molecule has 1 N–H and O–H groups in total. The van der Waals surface area contributed by atoms with E-state index in [9.17, 15) is 9.50 Å². The van der Waals surface area contributed by atoms with Crippen molar-refractivity contribution in [3.63, 3.8) is 0 Å². The van der Waals surface area contributed by atoms with E-state index in [1.165, 1.54) is 12.1 Å². The molecule has 0 fully saturated rings. The van der Waals surface area contributed by atoms with E-state index in [-0.39, 0.29) is 5.82 Å². The minimum atomic E-state index is -0.527. The first-order valence-corrected chi connectivity index (χ1v) is 4.59. The molecule has 0 saturated carbocycles. The lowest BCUT2D eigenvalue weighted by atomic mass is 10.0. The fourth-order valence-corrected chi connectivity index (χ4v) is 1.40. The van der Waals surface area contributed by atoms with Gasteiger partial charge in [-0.15, -0.1) is 0 Å². The maximum absolute atomic E-state index is 12.8. The standard InChI is InChI=1S/C11H15FO/c1-3-4-11(13)10-7-9(12)6-5-8(10)2/h5-7,11,13H,3-4H2,1-2H3/t11-/m0/s1. The maximum atomic E-state index is 12.8. The molecule has 72 valence electrons. The van der Waals surface area contributed by atoms with Crippen molar-refractivity contribution in [3.05, 3.63) is 35.1 Å². The molecule has 13 heavy (non-hydrogen) atoms. The molecule has 0 spiro atoms. The molecule has 1 rings (SSSR count). The summed E-state index contributed by atoms with van der Waals surface area (Å²) in [7, 11) is 0. The van der Waals surface area contributed by atoms with Crippen LogP contribution in [-0.4, -0.2) is 5.11 Å². The van der Waals surface area contributed by atoms with Crippen molar-refractivity contribution in [2.45, 2.75) is 32.8 Å². The van der Waals surface area contributed by atoms with Crippen molar-refractivity contribution < 1.29 is 9.50 Å². The summed E-state index contributed by atoms with van der Waals surface area (Å²) in [6.07, 6.45) is 1.06. The van der Waals surface area contributed by atoms with Gasteiger partial charge in [-0.3, -0.25) is 0 Å². The lowest BCUT2D eigenvalue weighted by molar-refractivity contribution is 0.165. The first-order valence-electron chi connectivity index (χ1n) is 4.59. The van der Waals surface area contributed by atoms with E-state index < -0.39 is 6.10 Å². The molecule has 0 aliphatic rings. The van der Waals surface area contributed by atoms with E-state index in [2.05, 4.69) is 0 Å². The Hall–Kier alpha value is -0.890. The normalized spacial score (nSPS) is 12.9. The molecule has 0 radical (unpaired) electrons. The van der Waals surface area contributed by atoms with E-state index in [0.29, 0.717) is 12.0 Å². The predicted octanol–water partition coefficient (Wildman–Crippen LogP) is 2.97. The fourth-order valence-electron chi connectivity index (χ4n) is 1.40. The van der Waals surface area contributed by atoms with Gasteiger partial charge in [0, 0.05) is 0 Å². The Balaban J connectivity index is 2.91. The van der Waals surface area contributed by atoms with Crippen LogP contribution < -0.4 is 0 Å². The number of hydrogen-bond acceptors (Lipinski definition) is 1. The zero-order chi connectivity index (χ0) is 9.84. The first kappa shape index (κ1) is 10.2. The van der Waals surface area contributed by atoms with Crippen LogP contribution in [0.2, 0.25) is 0 Å². The highest BCUT2D eigenvalue weighted by atomic mass is 19.1. The van der Waals surface area contributed by atoms with Crippen molar-refractivity contribution in [2.24, 2.45) is 0 Å². The van der Waals surface area contributed by atoms with Crippen LogP contribution in [0.4, 0.5) is 4.39 Å². The highest BCUT2D eigenvalue weighted by Crippen LogP contribution is 2.22. The van der Waals surface area contributed by atoms with Crippen LogP contribution in [0.5, 0.6) is 0 Å². The zero-order valence-corrected chi connectivity index (χ0v) is 8.05. The van der Waals surface area contributed by atoms with Crippen molar-refractivity contribution >= 4 is 0 Å². The Morgan fingerprint density at radius 3 is 2.77 bits per heavy atom. The van der Waals surface area contributed by atoms with Gasteiger partial charge in [-0.2, -0.15) is 0 Å². The second kappa shape index (κ2) is 4.38. The van der Waals surface area contributed by atoms with Crippen molar-refractivity contribution in [1.29, 1.82) is 0 Å². The van der Waals surface area contributed by atoms with Crippen LogP contribution in [0, 0.1) is 12.7 Å². The van der Waals surface area contributed by atoms with Gasteiger partial charge in [0.1, 0.15) is 5.82 Å². The van der Waals surface area contributed by atoms with Crippen LogP contribution in [0.15, 0.2) is 18.2 Å². The number of aliphatic hydroxyl groups is 1. The minimum Gasteiger partial charge on any atom is -0.388 e. The summed E-state index contributed by atoms with van der Waals surface area (Å²) in [5, 5.41) is 9.66. The second-order valence-electron chi connectivity index (χ2n) is 3.31. The molecule has 0 bridgehead atoms. The summed E-state index contributed by atoms with van der Waals surface area (Å²) < 4.78 is 12.8. The topological polar surface area (TPSA) is 20.2 Å². The molecule has 1 atom stereocenters. The molecule has 0 aliphatic carbocycles. The quantitative estimate of drug-likeness (QED) is 0.762. The van der Waals surface area contributed by atoms with Crippen molar-refractivity contribution in [1.82, 2.24) is 0 Å². The van der Waals surface area contributed by atoms with E-state index in [4.69, 9.17) is 0 Å². The van der Waals surface area contributed by atoms with E-state index in [1.54, 1.807) is 6.07 Å². The van der Waals surface area contributed by atoms with E-state index in [0.717, 1.165) is 12.0 Å². The van der Waals surface area contributed by atoms with Crippen LogP contribution in [-0.2, 0) is 0 Å². The third-order valence-corrected chi connectivity index (χ3v) is 2.16. The van der Waals surface area contributed by atoms with E-state index >= 15 is 0 Å². The summed E-state index contributed by atoms with van der Waals surface area (Å²) in [5.41, 5.74) is 1.66. The van der Waals surface area contributed by atoms with Crippen LogP contribution >= 0.6 is 0 Å². The van der Waals surface area contributed by atoms with Gasteiger partial charge < -0.3 is 5.11 Å². The number of aliphatic hydroxyl groups excluding tert-OH is 1. The molecule has 0 aliphatic heterocycles. The minimum absolute atomic E-state index is 0.282. The average molecular weight is 182 g/mol. The van der Waals surface area contributed by atoms with Crippen LogP contribution in [0.1, 0.15) is 37.0 Å². The smallest absolute Gasteiger partial charge is 0.123 e. The Labute approximate surface area is 78.2 Å². The summed E-state index contributed by atoms with van der Waals surface area (Å²) in [6, 6.07) is 4.52. The monoisotopic (exact) mass is 182 g/mol. The SMILES string of the molecule is CCC[C@H](O)c1cc(F)ccc1C. The third kappa shape index (κ3) is 2.52. The Morgan fingerprint density at radius 1 is 1.46 bits per heavy atom. The van der Waals surface area contributed by atoms with Gasteiger partial charge in [0.2, 0.25) is 0 Å². The lowest BCUT2D eigenvalue weighted by Gasteiger charge is -2.12. The van der Waals surface area contributed by atoms with Gasteiger partial charge in [-0.05, 0) is 36.6 Å². The summed E-state index contributed by atoms with van der Waals surface area (Å²) in [5.74, 6) is -0.282. The zero-order valence-electron chi connectivity index (χ0n) is 8.05. The van der Waals surface area contributed by atoms with Crippen LogP contribution in [0.25, 0.3) is 0 Å². The Bertz CT molecular complexity index is 283. The molecule has 0 aromatic heterocycles. The van der Waals surface area contributed by atoms with Crippen molar-refractivity contribution in [2.75, 3.05) is 0 Å². The number of benzene rings is 1. The number of rotatable bonds is 3. The summed E-state index contributed by atoms with van der Waals surface area (Å²) in [6.45, 7) is 3.88. The predicted molar refractivity (Wildman–Crippen MR) is 51.0 cm³/mol. The van der Waals surface area contributed by atoms with Gasteiger partial charge in [0.15, 0.2) is 0 Å². The largest absolute Gasteiger partial charge is 0.388 e. The summed E-state index contributed by atoms with van der Waals surface area (Å²) in [4.78, 5) is 0. The van der Waals surface area contributed by atoms with Gasteiger partial charge in [-0.1, -0.05) is 19.4 Å². The second-order valence-corrected chi connectivity index (χ2v) is 3.31. The Kier molecular flexibility index (Phi) is 3.43. The van der Waals surface area contributed by atoms with Crippen molar-refractivity contribution in [3.8, 4) is 0 Å². The molecular formula is C11H15FO. The van der Waals surface area contributed by atoms with Gasteiger partial charge >= 0.3 is 0 Å².